The van der Waals surface area contributed by atoms with Crippen LogP contribution in [-0.4, -0.2) is 23.0 Å². The maximum Gasteiger partial charge on any atom is 0.221 e. The zero-order valence-electron chi connectivity index (χ0n) is 11.2. The number of amides is 1. The molecule has 0 fully saturated rings. The number of carbonyl (C=O) groups is 1. The van der Waals surface area contributed by atoms with Crippen molar-refractivity contribution in [2.45, 2.75) is 6.92 Å². The fourth-order valence-corrected chi connectivity index (χ4v) is 2.13. The first-order valence-corrected chi connectivity index (χ1v) is 6.19. The summed E-state index contributed by atoms with van der Waals surface area (Å²) in [4.78, 5) is 20.3. The lowest BCUT2D eigenvalue weighted by Gasteiger charge is -2.09. The van der Waals surface area contributed by atoms with Crippen molar-refractivity contribution < 1.29 is 9.53 Å². The van der Waals surface area contributed by atoms with Crippen LogP contribution in [0.15, 0.2) is 36.4 Å². The fraction of sp³-hybridized carbons (Fsp3) is 0.133. The van der Waals surface area contributed by atoms with Crippen molar-refractivity contribution in [1.82, 2.24) is 9.97 Å². The summed E-state index contributed by atoms with van der Waals surface area (Å²) in [6.07, 6.45) is 0. The maximum absolute atomic E-state index is 11.2. The minimum absolute atomic E-state index is 0.139. The molecule has 1 heterocycles. The van der Waals surface area contributed by atoms with E-state index in [-0.39, 0.29) is 5.91 Å². The molecule has 0 bridgehead atoms. The molecule has 0 aliphatic rings. The first-order valence-electron chi connectivity index (χ1n) is 6.19. The molecule has 3 rings (SSSR count). The van der Waals surface area contributed by atoms with Crippen LogP contribution in [0.1, 0.15) is 6.92 Å². The van der Waals surface area contributed by atoms with Gasteiger partial charge in [-0.1, -0.05) is 12.1 Å². The van der Waals surface area contributed by atoms with E-state index in [0.717, 1.165) is 11.0 Å². The van der Waals surface area contributed by atoms with Gasteiger partial charge in [-0.2, -0.15) is 0 Å². The Kier molecular flexibility index (Phi) is 2.95. The van der Waals surface area contributed by atoms with Gasteiger partial charge in [-0.25, -0.2) is 9.97 Å². The molecule has 1 N–H and O–H groups in total. The standard InChI is InChI=1S/C15H13N3O2/c1-9(19)16-10-7-13-15(14(8-10)20-2)18-12-6-4-3-5-11(12)17-13/h3-8H,1-2H3,(H,16,19). The van der Waals surface area contributed by atoms with Crippen molar-refractivity contribution in [2.24, 2.45) is 0 Å². The van der Waals surface area contributed by atoms with Gasteiger partial charge in [0, 0.05) is 18.7 Å². The second kappa shape index (κ2) is 4.77. The van der Waals surface area contributed by atoms with Gasteiger partial charge in [0.1, 0.15) is 11.3 Å². The van der Waals surface area contributed by atoms with Gasteiger partial charge in [-0.05, 0) is 18.2 Å². The summed E-state index contributed by atoms with van der Waals surface area (Å²) >= 11 is 0. The van der Waals surface area contributed by atoms with Crippen molar-refractivity contribution in [3.63, 3.8) is 0 Å². The predicted octanol–water partition coefficient (Wildman–Crippen LogP) is 2.75. The number of fused-ring (bicyclic) bond motifs is 2. The molecule has 20 heavy (non-hydrogen) atoms. The molecule has 0 radical (unpaired) electrons. The van der Waals surface area contributed by atoms with Crippen molar-refractivity contribution in [3.05, 3.63) is 36.4 Å². The number of carbonyl (C=O) groups excluding carboxylic acids is 1. The van der Waals surface area contributed by atoms with Crippen molar-refractivity contribution >= 4 is 33.7 Å². The molecular weight excluding hydrogens is 254 g/mol. The maximum atomic E-state index is 11.2. The summed E-state index contributed by atoms with van der Waals surface area (Å²) in [5.41, 5.74) is 3.63. The van der Waals surface area contributed by atoms with Crippen LogP contribution in [0.4, 0.5) is 5.69 Å². The normalized spacial score (nSPS) is 10.7. The number of aromatic nitrogens is 2. The van der Waals surface area contributed by atoms with Gasteiger partial charge in [0.15, 0.2) is 0 Å². The Morgan fingerprint density at radius 3 is 2.45 bits per heavy atom. The average Bonchev–Trinajstić information content (AvgIpc) is 2.43. The summed E-state index contributed by atoms with van der Waals surface area (Å²) in [6, 6.07) is 11.2. The second-order valence-corrected chi connectivity index (χ2v) is 4.44. The number of methoxy groups -OCH3 is 1. The Labute approximate surface area is 115 Å². The van der Waals surface area contributed by atoms with Gasteiger partial charge in [0.05, 0.1) is 23.7 Å². The highest BCUT2D eigenvalue weighted by atomic mass is 16.5. The van der Waals surface area contributed by atoms with Crippen molar-refractivity contribution in [1.29, 1.82) is 0 Å². The molecule has 2 aromatic carbocycles. The predicted molar refractivity (Wildman–Crippen MR) is 77.9 cm³/mol. The van der Waals surface area contributed by atoms with Crippen LogP contribution >= 0.6 is 0 Å². The number of rotatable bonds is 2. The van der Waals surface area contributed by atoms with Gasteiger partial charge in [0.2, 0.25) is 5.91 Å². The van der Waals surface area contributed by atoms with E-state index in [2.05, 4.69) is 15.3 Å². The molecule has 0 unspecified atom stereocenters. The van der Waals surface area contributed by atoms with E-state index >= 15 is 0 Å². The molecule has 0 saturated heterocycles. The number of hydrogen-bond donors (Lipinski definition) is 1. The second-order valence-electron chi connectivity index (χ2n) is 4.44. The zero-order chi connectivity index (χ0) is 14.1. The van der Waals surface area contributed by atoms with Crippen LogP contribution in [0.2, 0.25) is 0 Å². The van der Waals surface area contributed by atoms with Gasteiger partial charge in [0.25, 0.3) is 0 Å². The average molecular weight is 267 g/mol. The van der Waals surface area contributed by atoms with Crippen LogP contribution in [0.25, 0.3) is 22.1 Å². The van der Waals surface area contributed by atoms with E-state index in [1.54, 1.807) is 19.2 Å². The highest BCUT2D eigenvalue weighted by Gasteiger charge is 2.09. The van der Waals surface area contributed by atoms with E-state index in [1.807, 2.05) is 24.3 Å². The Balaban J connectivity index is 2.29. The Bertz CT molecular complexity index is 815. The Morgan fingerprint density at radius 2 is 1.80 bits per heavy atom. The number of nitrogens with zero attached hydrogens (tertiary/aromatic N) is 2. The minimum atomic E-state index is -0.139. The van der Waals surface area contributed by atoms with Crippen LogP contribution in [-0.2, 0) is 4.79 Å². The zero-order valence-corrected chi connectivity index (χ0v) is 11.2. The summed E-state index contributed by atoms with van der Waals surface area (Å²) < 4.78 is 5.34. The monoisotopic (exact) mass is 267 g/mol. The van der Waals surface area contributed by atoms with Gasteiger partial charge in [-0.3, -0.25) is 4.79 Å². The summed E-state index contributed by atoms with van der Waals surface area (Å²) in [5, 5.41) is 2.73. The molecule has 100 valence electrons. The fourth-order valence-electron chi connectivity index (χ4n) is 2.13. The SMILES string of the molecule is COc1cc(NC(C)=O)cc2nc3ccccc3nc12. The molecule has 3 aromatic rings. The molecule has 1 amide bonds. The highest BCUT2D eigenvalue weighted by Crippen LogP contribution is 2.29. The number of ether oxygens (including phenoxy) is 1. The van der Waals surface area contributed by atoms with E-state index < -0.39 is 0 Å². The molecule has 0 aliphatic heterocycles. The van der Waals surface area contributed by atoms with E-state index in [4.69, 9.17) is 4.74 Å². The van der Waals surface area contributed by atoms with Crippen LogP contribution in [0.3, 0.4) is 0 Å². The molecule has 0 spiro atoms. The Hall–Kier alpha value is -2.69. The number of anilines is 1. The molecule has 0 aliphatic carbocycles. The topological polar surface area (TPSA) is 64.1 Å². The minimum Gasteiger partial charge on any atom is -0.494 e. The number of para-hydroxylation sites is 2. The van der Waals surface area contributed by atoms with E-state index in [9.17, 15) is 4.79 Å². The smallest absolute Gasteiger partial charge is 0.221 e. The van der Waals surface area contributed by atoms with E-state index in [0.29, 0.717) is 22.5 Å². The first kappa shape index (κ1) is 12.3. The summed E-state index contributed by atoms with van der Waals surface area (Å²) in [7, 11) is 1.57. The molecule has 0 atom stereocenters. The largest absolute Gasteiger partial charge is 0.494 e. The number of benzene rings is 2. The lowest BCUT2D eigenvalue weighted by atomic mass is 10.2. The third-order valence-electron chi connectivity index (χ3n) is 2.95. The summed E-state index contributed by atoms with van der Waals surface area (Å²) in [6.45, 7) is 1.46. The van der Waals surface area contributed by atoms with Crippen molar-refractivity contribution in [2.75, 3.05) is 12.4 Å². The number of hydrogen-bond acceptors (Lipinski definition) is 4. The van der Waals surface area contributed by atoms with Crippen molar-refractivity contribution in [3.8, 4) is 5.75 Å². The third kappa shape index (κ3) is 2.14. The molecule has 5 nitrogen and oxygen atoms in total. The van der Waals surface area contributed by atoms with E-state index in [1.165, 1.54) is 6.92 Å². The first-order chi connectivity index (χ1) is 9.67. The quantitative estimate of drug-likeness (QED) is 0.725. The van der Waals surface area contributed by atoms with Crippen LogP contribution < -0.4 is 10.1 Å². The van der Waals surface area contributed by atoms with Gasteiger partial charge < -0.3 is 10.1 Å². The summed E-state index contributed by atoms with van der Waals surface area (Å²) in [5.74, 6) is 0.449. The molecule has 1 aromatic heterocycles. The number of nitrogens with one attached hydrogen (secondary N) is 1. The van der Waals surface area contributed by atoms with Crippen LogP contribution in [0.5, 0.6) is 5.75 Å². The third-order valence-corrected chi connectivity index (χ3v) is 2.95. The van der Waals surface area contributed by atoms with Gasteiger partial charge >= 0.3 is 0 Å². The van der Waals surface area contributed by atoms with Gasteiger partial charge in [-0.15, -0.1) is 0 Å². The molecule has 5 heteroatoms. The Morgan fingerprint density at radius 1 is 1.10 bits per heavy atom. The lowest BCUT2D eigenvalue weighted by molar-refractivity contribution is -0.114. The lowest BCUT2D eigenvalue weighted by Crippen LogP contribution is -2.06. The van der Waals surface area contributed by atoms with Crippen LogP contribution in [0, 0.1) is 0 Å². The molecule has 0 saturated carbocycles. The molecular formula is C15H13N3O2. The highest BCUT2D eigenvalue weighted by molar-refractivity contribution is 5.95.